The minimum Gasteiger partial charge on any atom is -0.267 e. The van der Waals surface area contributed by atoms with Crippen molar-refractivity contribution < 1.29 is 9.72 Å². The van der Waals surface area contributed by atoms with Gasteiger partial charge in [-0.3, -0.25) is 14.9 Å². The number of non-ortho nitro benzene ring substituents is 1. The fraction of sp³-hybridized carbons (Fsp3) is 0.333. The number of nitro benzene ring substituents is 1. The van der Waals surface area contributed by atoms with Crippen LogP contribution in [-0.2, 0) is 0 Å². The van der Waals surface area contributed by atoms with E-state index in [4.69, 9.17) is 11.6 Å². The number of nitrogens with zero attached hydrogens (tertiary/aromatic N) is 2. The van der Waals surface area contributed by atoms with Gasteiger partial charge in [-0.1, -0.05) is 18.0 Å². The summed E-state index contributed by atoms with van der Waals surface area (Å²) in [6, 6.07) is 5.34. The largest absolute Gasteiger partial charge is 0.271 e. The number of benzene rings is 1. The summed E-state index contributed by atoms with van der Waals surface area (Å²) in [5.74, 6) is -0.420. The second-order valence-electron chi connectivity index (χ2n) is 4.99. The van der Waals surface area contributed by atoms with Crippen molar-refractivity contribution in [1.82, 2.24) is 5.43 Å². The fourth-order valence-corrected chi connectivity index (χ4v) is 2.45. The zero-order chi connectivity index (χ0) is 15.9. The van der Waals surface area contributed by atoms with Gasteiger partial charge >= 0.3 is 0 Å². The van der Waals surface area contributed by atoms with E-state index < -0.39 is 10.8 Å². The first-order chi connectivity index (χ1) is 10.6. The van der Waals surface area contributed by atoms with Crippen LogP contribution in [-0.4, -0.2) is 17.0 Å². The topological polar surface area (TPSA) is 84.6 Å². The standard InChI is InChI=1S/C15H16ClN3O3/c16-14-5-3-1-2-4-12(14)10-17-18-15(20)11-6-8-13(9-7-11)19(21)22/h6-10H,1-5H2,(H,18,20)/b17-10-. The van der Waals surface area contributed by atoms with E-state index in [1.54, 1.807) is 6.21 Å². The quantitative estimate of drug-likeness (QED) is 0.520. The Kier molecular flexibility index (Phi) is 5.66. The van der Waals surface area contributed by atoms with Gasteiger partial charge in [0.2, 0.25) is 0 Å². The summed E-state index contributed by atoms with van der Waals surface area (Å²) in [5, 5.41) is 15.3. The van der Waals surface area contributed by atoms with Crippen LogP contribution in [0.15, 0.2) is 40.0 Å². The Morgan fingerprint density at radius 3 is 2.59 bits per heavy atom. The number of allylic oxidation sites excluding steroid dienone is 2. The molecule has 116 valence electrons. The Morgan fingerprint density at radius 1 is 1.23 bits per heavy atom. The molecule has 0 spiro atoms. The average molecular weight is 322 g/mol. The maximum absolute atomic E-state index is 11.9. The summed E-state index contributed by atoms with van der Waals surface area (Å²) in [4.78, 5) is 21.9. The number of carbonyl (C=O) groups is 1. The van der Waals surface area contributed by atoms with Crippen LogP contribution in [0.2, 0.25) is 0 Å². The van der Waals surface area contributed by atoms with Gasteiger partial charge in [0, 0.05) is 22.7 Å². The lowest BCUT2D eigenvalue weighted by molar-refractivity contribution is -0.384. The van der Waals surface area contributed by atoms with E-state index in [1.807, 2.05) is 0 Å². The van der Waals surface area contributed by atoms with E-state index in [0.29, 0.717) is 5.56 Å². The first-order valence-electron chi connectivity index (χ1n) is 7.03. The molecule has 0 saturated carbocycles. The first kappa shape index (κ1) is 16.2. The molecule has 7 heteroatoms. The third-order valence-electron chi connectivity index (χ3n) is 3.42. The number of nitrogens with one attached hydrogen (secondary N) is 1. The van der Waals surface area contributed by atoms with Crippen molar-refractivity contribution in [3.8, 4) is 0 Å². The Bertz CT molecular complexity index is 623. The smallest absolute Gasteiger partial charge is 0.267 e. The highest BCUT2D eigenvalue weighted by Crippen LogP contribution is 2.25. The molecule has 6 nitrogen and oxygen atoms in total. The van der Waals surface area contributed by atoms with Crippen LogP contribution in [0.25, 0.3) is 0 Å². The molecule has 1 aliphatic rings. The van der Waals surface area contributed by atoms with E-state index >= 15 is 0 Å². The van der Waals surface area contributed by atoms with Crippen LogP contribution in [0, 0.1) is 10.1 Å². The molecule has 1 aromatic rings. The number of hydrogen-bond acceptors (Lipinski definition) is 4. The van der Waals surface area contributed by atoms with Crippen molar-refractivity contribution in [2.24, 2.45) is 5.10 Å². The second kappa shape index (κ2) is 7.70. The number of carbonyl (C=O) groups excluding carboxylic acids is 1. The Morgan fingerprint density at radius 2 is 1.91 bits per heavy atom. The van der Waals surface area contributed by atoms with Crippen molar-refractivity contribution in [3.05, 3.63) is 50.5 Å². The summed E-state index contributed by atoms with van der Waals surface area (Å²) in [6.45, 7) is 0. The monoisotopic (exact) mass is 321 g/mol. The van der Waals surface area contributed by atoms with Crippen LogP contribution in [0.1, 0.15) is 42.5 Å². The van der Waals surface area contributed by atoms with E-state index in [2.05, 4.69) is 10.5 Å². The predicted molar refractivity (Wildman–Crippen MR) is 85.0 cm³/mol. The van der Waals surface area contributed by atoms with Crippen LogP contribution in [0.4, 0.5) is 5.69 Å². The molecule has 0 atom stereocenters. The highest BCUT2D eigenvalue weighted by atomic mass is 35.5. The van der Waals surface area contributed by atoms with E-state index in [9.17, 15) is 14.9 Å². The molecule has 0 aromatic heterocycles. The van der Waals surface area contributed by atoms with Gasteiger partial charge in [0.15, 0.2) is 0 Å². The van der Waals surface area contributed by atoms with Crippen molar-refractivity contribution in [3.63, 3.8) is 0 Å². The third-order valence-corrected chi connectivity index (χ3v) is 3.85. The number of hydrogen-bond donors (Lipinski definition) is 1. The van der Waals surface area contributed by atoms with Crippen molar-refractivity contribution in [1.29, 1.82) is 0 Å². The molecule has 0 unspecified atom stereocenters. The molecule has 1 N–H and O–H groups in total. The maximum atomic E-state index is 11.9. The SMILES string of the molecule is O=C(N/N=C\C1=C(Cl)CCCCC1)c1ccc([N+](=O)[O-])cc1. The number of hydrazone groups is 1. The average Bonchev–Trinajstić information content (AvgIpc) is 2.72. The summed E-state index contributed by atoms with van der Waals surface area (Å²) in [7, 11) is 0. The molecule has 1 aromatic carbocycles. The van der Waals surface area contributed by atoms with Crippen LogP contribution in [0.3, 0.4) is 0 Å². The van der Waals surface area contributed by atoms with Crippen molar-refractivity contribution >= 4 is 29.4 Å². The summed E-state index contributed by atoms with van der Waals surface area (Å²) < 4.78 is 0. The van der Waals surface area contributed by atoms with Crippen molar-refractivity contribution in [2.75, 3.05) is 0 Å². The van der Waals surface area contributed by atoms with Gasteiger partial charge in [-0.2, -0.15) is 5.10 Å². The summed E-state index contributed by atoms with van der Waals surface area (Å²) in [6.07, 6.45) is 6.56. The van der Waals surface area contributed by atoms with Crippen LogP contribution >= 0.6 is 11.6 Å². The maximum Gasteiger partial charge on any atom is 0.271 e. The number of amides is 1. The molecule has 0 aliphatic heterocycles. The summed E-state index contributed by atoms with van der Waals surface area (Å²) in [5.41, 5.74) is 3.60. The minimum atomic E-state index is -0.514. The van der Waals surface area contributed by atoms with Crippen molar-refractivity contribution in [2.45, 2.75) is 32.1 Å². The molecule has 0 saturated heterocycles. The number of nitro groups is 1. The van der Waals surface area contributed by atoms with Gasteiger partial charge in [-0.05, 0) is 43.4 Å². The zero-order valence-corrected chi connectivity index (χ0v) is 12.7. The fourth-order valence-electron chi connectivity index (χ4n) is 2.17. The highest BCUT2D eigenvalue weighted by molar-refractivity contribution is 6.31. The molecule has 2 rings (SSSR count). The third kappa shape index (κ3) is 4.39. The summed E-state index contributed by atoms with van der Waals surface area (Å²) >= 11 is 6.18. The van der Waals surface area contributed by atoms with E-state index in [-0.39, 0.29) is 5.69 Å². The molecule has 22 heavy (non-hydrogen) atoms. The molecule has 0 radical (unpaired) electrons. The van der Waals surface area contributed by atoms with Gasteiger partial charge in [0.25, 0.3) is 11.6 Å². The van der Waals surface area contributed by atoms with Crippen LogP contribution in [0.5, 0.6) is 0 Å². The van der Waals surface area contributed by atoms with Gasteiger partial charge in [0.05, 0.1) is 11.1 Å². The predicted octanol–water partition coefficient (Wildman–Crippen LogP) is 3.77. The first-order valence-corrected chi connectivity index (χ1v) is 7.41. The minimum absolute atomic E-state index is 0.0598. The molecular formula is C15H16ClN3O3. The molecule has 0 heterocycles. The van der Waals surface area contributed by atoms with E-state index in [1.165, 1.54) is 24.3 Å². The molecule has 0 fully saturated rings. The molecule has 1 aliphatic carbocycles. The highest BCUT2D eigenvalue weighted by Gasteiger charge is 2.10. The van der Waals surface area contributed by atoms with Gasteiger partial charge in [-0.15, -0.1) is 0 Å². The van der Waals surface area contributed by atoms with E-state index in [0.717, 1.165) is 42.7 Å². The number of rotatable bonds is 4. The Hall–Kier alpha value is -2.21. The van der Waals surface area contributed by atoms with Gasteiger partial charge in [-0.25, -0.2) is 5.43 Å². The second-order valence-corrected chi connectivity index (χ2v) is 5.45. The Balaban J connectivity index is 1.97. The lowest BCUT2D eigenvalue weighted by Crippen LogP contribution is -2.17. The zero-order valence-electron chi connectivity index (χ0n) is 11.9. The molecular weight excluding hydrogens is 306 g/mol. The molecule has 0 bridgehead atoms. The Labute approximate surface area is 133 Å². The lowest BCUT2D eigenvalue weighted by atomic mass is 10.1. The van der Waals surface area contributed by atoms with Crippen LogP contribution < -0.4 is 5.43 Å². The normalized spacial score (nSPS) is 15.7. The van der Waals surface area contributed by atoms with Gasteiger partial charge < -0.3 is 0 Å². The number of halogens is 1. The lowest BCUT2D eigenvalue weighted by Gasteiger charge is -2.02. The molecule has 1 amide bonds. The van der Waals surface area contributed by atoms with Gasteiger partial charge in [0.1, 0.15) is 0 Å².